The van der Waals surface area contributed by atoms with Gasteiger partial charge in [-0.1, -0.05) is 25.2 Å². The van der Waals surface area contributed by atoms with Crippen molar-refractivity contribution in [1.29, 1.82) is 0 Å². The molecule has 0 aromatic carbocycles. The fraction of sp³-hybridized carbons (Fsp3) is 0.500. The van der Waals surface area contributed by atoms with Crippen molar-refractivity contribution in [3.8, 4) is 0 Å². The molecule has 102 valence electrons. The molecule has 1 aromatic heterocycles. The van der Waals surface area contributed by atoms with Crippen molar-refractivity contribution in [2.75, 3.05) is 12.0 Å². The Hall–Kier alpha value is -1.23. The molecular formula is C8H14N4O4S2. The quantitative estimate of drug-likeness (QED) is 0.406. The molecule has 0 radical (unpaired) electrons. The summed E-state index contributed by atoms with van der Waals surface area (Å²) in [6, 6.07) is 0.989. The fourth-order valence-corrected chi connectivity index (χ4v) is 3.57. The second-order valence-corrected chi connectivity index (χ2v) is 6.97. The third kappa shape index (κ3) is 3.38. The lowest BCUT2D eigenvalue weighted by Crippen LogP contribution is -2.26. The van der Waals surface area contributed by atoms with Crippen LogP contribution in [0.5, 0.6) is 0 Å². The van der Waals surface area contributed by atoms with E-state index < -0.39 is 14.9 Å². The Labute approximate surface area is 108 Å². The molecule has 0 spiro atoms. The molecule has 1 rings (SSSR count). The number of nitrogens with zero attached hydrogens (tertiary/aromatic N) is 1. The number of thiophene rings is 1. The lowest BCUT2D eigenvalue weighted by Gasteiger charge is -2.06. The van der Waals surface area contributed by atoms with E-state index in [4.69, 9.17) is 5.84 Å². The van der Waals surface area contributed by atoms with Gasteiger partial charge in [-0.25, -0.2) is 19.0 Å². The van der Waals surface area contributed by atoms with Crippen LogP contribution in [0.1, 0.15) is 13.8 Å². The predicted molar refractivity (Wildman–Crippen MR) is 68.8 cm³/mol. The normalized spacial score (nSPS) is 11.8. The monoisotopic (exact) mass is 294 g/mol. The first kappa shape index (κ1) is 14.8. The van der Waals surface area contributed by atoms with E-state index >= 15 is 0 Å². The number of nitrogens with one attached hydrogen (secondary N) is 2. The number of hydrogen-bond acceptors (Lipinski definition) is 7. The lowest BCUT2D eigenvalue weighted by molar-refractivity contribution is -0.383. The highest BCUT2D eigenvalue weighted by Crippen LogP contribution is 2.36. The molecule has 0 aliphatic heterocycles. The smallest absolute Gasteiger partial charge is 0.306 e. The summed E-state index contributed by atoms with van der Waals surface area (Å²) in [7, 11) is -3.73. The van der Waals surface area contributed by atoms with Gasteiger partial charge in [0.2, 0.25) is 10.0 Å². The standard InChI is InChI=1S/C8H14N4O4S2/c1-5(2)4-10-18(15,16)7-3-6(12(13)14)8(11-9)17-7/h3,5,10-11H,4,9H2,1-2H3. The van der Waals surface area contributed by atoms with Gasteiger partial charge in [0.25, 0.3) is 0 Å². The van der Waals surface area contributed by atoms with Gasteiger partial charge in [0, 0.05) is 12.6 Å². The maximum atomic E-state index is 11.8. The molecular weight excluding hydrogens is 280 g/mol. The highest BCUT2D eigenvalue weighted by molar-refractivity contribution is 7.91. The third-order valence-corrected chi connectivity index (χ3v) is 4.92. The largest absolute Gasteiger partial charge is 0.310 e. The molecule has 0 fully saturated rings. The highest BCUT2D eigenvalue weighted by Gasteiger charge is 2.25. The fourth-order valence-electron chi connectivity index (χ4n) is 1.08. The number of nitrogen functional groups attached to an aromatic ring is 1. The second kappa shape index (κ2) is 5.61. The Morgan fingerprint density at radius 3 is 2.56 bits per heavy atom. The Morgan fingerprint density at radius 1 is 1.56 bits per heavy atom. The molecule has 0 saturated carbocycles. The first-order valence-corrected chi connectivity index (χ1v) is 7.32. The third-order valence-electron chi connectivity index (χ3n) is 1.96. The van der Waals surface area contributed by atoms with E-state index in [9.17, 15) is 18.5 Å². The van der Waals surface area contributed by atoms with Gasteiger partial charge in [-0.05, 0) is 5.92 Å². The molecule has 1 aromatic rings. The summed E-state index contributed by atoms with van der Waals surface area (Å²) in [6.45, 7) is 3.97. The summed E-state index contributed by atoms with van der Waals surface area (Å²) in [5.41, 5.74) is 1.76. The molecule has 0 atom stereocenters. The number of sulfonamides is 1. The number of hydrogen-bond donors (Lipinski definition) is 3. The molecule has 1 heterocycles. The molecule has 4 N–H and O–H groups in total. The van der Waals surface area contributed by atoms with E-state index in [1.807, 2.05) is 13.8 Å². The van der Waals surface area contributed by atoms with Gasteiger partial charge in [0.15, 0.2) is 5.00 Å². The van der Waals surface area contributed by atoms with Crippen LogP contribution < -0.4 is 16.0 Å². The van der Waals surface area contributed by atoms with Gasteiger partial charge in [-0.15, -0.1) is 0 Å². The molecule has 0 aliphatic rings. The van der Waals surface area contributed by atoms with Crippen molar-refractivity contribution in [3.63, 3.8) is 0 Å². The number of nitro groups is 1. The Balaban J connectivity index is 3.06. The zero-order valence-corrected chi connectivity index (χ0v) is 11.5. The molecule has 0 aliphatic carbocycles. The molecule has 18 heavy (non-hydrogen) atoms. The molecule has 8 nitrogen and oxygen atoms in total. The van der Waals surface area contributed by atoms with E-state index in [-0.39, 0.29) is 27.4 Å². The van der Waals surface area contributed by atoms with E-state index in [0.717, 1.165) is 17.4 Å². The van der Waals surface area contributed by atoms with E-state index in [1.165, 1.54) is 0 Å². The molecule has 0 bridgehead atoms. The van der Waals surface area contributed by atoms with E-state index in [0.29, 0.717) is 0 Å². The first-order chi connectivity index (χ1) is 8.27. The van der Waals surface area contributed by atoms with Crippen LogP contribution in [-0.2, 0) is 10.0 Å². The zero-order valence-electron chi connectivity index (χ0n) is 9.84. The summed E-state index contributed by atoms with van der Waals surface area (Å²) < 4.78 is 25.9. The molecule has 10 heteroatoms. The summed E-state index contributed by atoms with van der Waals surface area (Å²) in [5, 5.41) is 10.7. The topological polar surface area (TPSA) is 127 Å². The predicted octanol–water partition coefficient (Wildman–Crippen LogP) is 0.876. The zero-order chi connectivity index (χ0) is 13.9. The van der Waals surface area contributed by atoms with Crippen molar-refractivity contribution in [1.82, 2.24) is 4.72 Å². The summed E-state index contributed by atoms with van der Waals surface area (Å²) in [5.74, 6) is 5.25. The maximum Gasteiger partial charge on any atom is 0.306 e. The maximum absolute atomic E-state index is 11.8. The van der Waals surface area contributed by atoms with Crippen molar-refractivity contribution in [3.05, 3.63) is 16.2 Å². The number of rotatable bonds is 6. The Bertz CT molecular complexity index is 537. The van der Waals surface area contributed by atoms with Gasteiger partial charge in [0.1, 0.15) is 4.21 Å². The molecule has 0 amide bonds. The van der Waals surface area contributed by atoms with Gasteiger partial charge in [-0.3, -0.25) is 10.1 Å². The minimum absolute atomic E-state index is 0.00456. The molecule has 0 unspecified atom stereocenters. The summed E-state index contributed by atoms with van der Waals surface area (Å²) >= 11 is 0.718. The SMILES string of the molecule is CC(C)CNS(=O)(=O)c1cc([N+](=O)[O-])c(NN)s1. The van der Waals surface area contributed by atoms with Gasteiger partial charge >= 0.3 is 5.69 Å². The van der Waals surface area contributed by atoms with Crippen LogP contribution in [0.2, 0.25) is 0 Å². The summed E-state index contributed by atoms with van der Waals surface area (Å²) in [4.78, 5) is 10.0. The van der Waals surface area contributed by atoms with Gasteiger partial charge in [0.05, 0.1) is 4.92 Å². The van der Waals surface area contributed by atoms with Crippen molar-refractivity contribution >= 4 is 32.0 Å². The summed E-state index contributed by atoms with van der Waals surface area (Å²) in [6.07, 6.45) is 0. The van der Waals surface area contributed by atoms with E-state index in [2.05, 4.69) is 10.1 Å². The first-order valence-electron chi connectivity index (χ1n) is 5.02. The van der Waals surface area contributed by atoms with Crippen molar-refractivity contribution in [2.24, 2.45) is 11.8 Å². The Kier molecular flexibility index (Phi) is 4.62. The lowest BCUT2D eigenvalue weighted by atomic mass is 10.2. The number of anilines is 1. The molecule has 0 saturated heterocycles. The van der Waals surface area contributed by atoms with Crippen molar-refractivity contribution < 1.29 is 13.3 Å². The minimum atomic E-state index is -3.73. The van der Waals surface area contributed by atoms with E-state index in [1.54, 1.807) is 0 Å². The highest BCUT2D eigenvalue weighted by atomic mass is 32.2. The van der Waals surface area contributed by atoms with Crippen LogP contribution in [-0.4, -0.2) is 19.9 Å². The second-order valence-electron chi connectivity index (χ2n) is 3.93. The average Bonchev–Trinajstić information content (AvgIpc) is 2.71. The van der Waals surface area contributed by atoms with Gasteiger partial charge in [-0.2, -0.15) is 0 Å². The van der Waals surface area contributed by atoms with Crippen LogP contribution in [0.15, 0.2) is 10.3 Å². The van der Waals surface area contributed by atoms with Crippen LogP contribution >= 0.6 is 11.3 Å². The van der Waals surface area contributed by atoms with Crippen LogP contribution in [0.4, 0.5) is 10.7 Å². The van der Waals surface area contributed by atoms with Crippen LogP contribution in [0.3, 0.4) is 0 Å². The van der Waals surface area contributed by atoms with Crippen LogP contribution in [0, 0.1) is 16.0 Å². The number of nitrogens with two attached hydrogens (primary N) is 1. The minimum Gasteiger partial charge on any atom is -0.310 e. The van der Waals surface area contributed by atoms with Crippen LogP contribution in [0.25, 0.3) is 0 Å². The van der Waals surface area contributed by atoms with Gasteiger partial charge < -0.3 is 5.43 Å². The van der Waals surface area contributed by atoms with Crippen molar-refractivity contribution in [2.45, 2.75) is 18.1 Å². The average molecular weight is 294 g/mol. The Morgan fingerprint density at radius 2 is 2.17 bits per heavy atom. The number of hydrazine groups is 1.